The topological polar surface area (TPSA) is 50.1 Å². The highest BCUT2D eigenvalue weighted by Crippen LogP contribution is 2.20. The van der Waals surface area contributed by atoms with E-state index in [1.54, 1.807) is 11.8 Å². The highest BCUT2D eigenvalue weighted by molar-refractivity contribution is 9.10. The number of rotatable bonds is 6. The van der Waals surface area contributed by atoms with E-state index in [1.165, 1.54) is 0 Å². The van der Waals surface area contributed by atoms with Crippen molar-refractivity contribution in [1.82, 2.24) is 15.1 Å². The van der Waals surface area contributed by atoms with Gasteiger partial charge in [0.05, 0.1) is 22.5 Å². The molecular formula is C11H20BrN3OS. The van der Waals surface area contributed by atoms with Crippen molar-refractivity contribution in [3.8, 4) is 0 Å². The predicted molar refractivity (Wildman–Crippen MR) is 76.3 cm³/mol. The molecule has 0 spiro atoms. The number of halogens is 1. The predicted octanol–water partition coefficient (Wildman–Crippen LogP) is 1.69. The molecule has 4 nitrogen and oxygen atoms in total. The number of thioether (sulfide) groups is 1. The van der Waals surface area contributed by atoms with Crippen LogP contribution in [-0.2, 0) is 13.6 Å². The van der Waals surface area contributed by atoms with Gasteiger partial charge < -0.3 is 10.4 Å². The average Bonchev–Trinajstić information content (AvgIpc) is 2.53. The number of aromatic nitrogens is 2. The minimum Gasteiger partial charge on any atom is -0.395 e. The van der Waals surface area contributed by atoms with Crippen molar-refractivity contribution in [2.75, 3.05) is 12.9 Å². The van der Waals surface area contributed by atoms with Crippen molar-refractivity contribution in [2.24, 2.45) is 7.05 Å². The molecule has 2 atom stereocenters. The van der Waals surface area contributed by atoms with Gasteiger partial charge >= 0.3 is 0 Å². The van der Waals surface area contributed by atoms with Gasteiger partial charge in [0.1, 0.15) is 0 Å². The van der Waals surface area contributed by atoms with Crippen LogP contribution < -0.4 is 5.32 Å². The summed E-state index contributed by atoms with van der Waals surface area (Å²) in [7, 11) is 1.94. The molecule has 0 aliphatic heterocycles. The van der Waals surface area contributed by atoms with E-state index in [0.29, 0.717) is 0 Å². The van der Waals surface area contributed by atoms with Gasteiger partial charge in [0.2, 0.25) is 0 Å². The number of aliphatic hydroxyl groups is 1. The van der Waals surface area contributed by atoms with E-state index < -0.39 is 0 Å². The minimum atomic E-state index is 0.195. The van der Waals surface area contributed by atoms with E-state index in [4.69, 9.17) is 0 Å². The summed E-state index contributed by atoms with van der Waals surface area (Å²) < 4.78 is 2.94. The third-order valence-corrected chi connectivity index (χ3v) is 5.09. The zero-order valence-electron chi connectivity index (χ0n) is 10.7. The summed E-state index contributed by atoms with van der Waals surface area (Å²) in [6, 6.07) is 0.261. The van der Waals surface area contributed by atoms with Gasteiger partial charge in [-0.15, -0.1) is 0 Å². The van der Waals surface area contributed by atoms with E-state index in [0.717, 1.165) is 22.4 Å². The fraction of sp³-hybridized carbons (Fsp3) is 0.727. The molecule has 6 heteroatoms. The minimum absolute atomic E-state index is 0.195. The van der Waals surface area contributed by atoms with Crippen molar-refractivity contribution in [1.29, 1.82) is 0 Å². The fourth-order valence-corrected chi connectivity index (χ4v) is 2.83. The SMILES string of the molecule is CSC(CO)C(C)NCc1c(Br)c(C)nn1C. The molecule has 0 aromatic carbocycles. The van der Waals surface area contributed by atoms with Gasteiger partial charge in [-0.1, -0.05) is 0 Å². The molecule has 0 bridgehead atoms. The van der Waals surface area contributed by atoms with Gasteiger partial charge in [-0.25, -0.2) is 0 Å². The summed E-state index contributed by atoms with van der Waals surface area (Å²) in [6.45, 7) is 5.01. The van der Waals surface area contributed by atoms with Crippen molar-refractivity contribution < 1.29 is 5.11 Å². The molecule has 0 aliphatic carbocycles. The maximum Gasteiger partial charge on any atom is 0.0739 e. The number of nitrogens with one attached hydrogen (secondary N) is 1. The molecule has 0 fully saturated rings. The lowest BCUT2D eigenvalue weighted by Crippen LogP contribution is -2.37. The lowest BCUT2D eigenvalue weighted by Gasteiger charge is -2.21. The van der Waals surface area contributed by atoms with Gasteiger partial charge in [-0.2, -0.15) is 16.9 Å². The van der Waals surface area contributed by atoms with Crippen LogP contribution in [0.3, 0.4) is 0 Å². The maximum atomic E-state index is 9.22. The number of hydrogen-bond donors (Lipinski definition) is 2. The molecule has 0 amide bonds. The normalized spacial score (nSPS) is 14.9. The maximum absolute atomic E-state index is 9.22. The Morgan fingerprint density at radius 1 is 1.59 bits per heavy atom. The molecule has 0 radical (unpaired) electrons. The van der Waals surface area contributed by atoms with Gasteiger partial charge in [0.25, 0.3) is 0 Å². The summed E-state index contributed by atoms with van der Waals surface area (Å²) in [5.74, 6) is 0. The van der Waals surface area contributed by atoms with E-state index in [1.807, 2.05) is 24.9 Å². The zero-order chi connectivity index (χ0) is 13.0. The monoisotopic (exact) mass is 321 g/mol. The molecule has 1 aromatic heterocycles. The Morgan fingerprint density at radius 2 is 2.24 bits per heavy atom. The first-order valence-electron chi connectivity index (χ1n) is 5.56. The van der Waals surface area contributed by atoms with Crippen LogP contribution in [0.4, 0.5) is 0 Å². The molecule has 0 saturated carbocycles. The quantitative estimate of drug-likeness (QED) is 0.837. The smallest absolute Gasteiger partial charge is 0.0739 e. The Morgan fingerprint density at radius 3 is 2.65 bits per heavy atom. The number of nitrogens with zero attached hydrogens (tertiary/aromatic N) is 2. The van der Waals surface area contributed by atoms with E-state index in [-0.39, 0.29) is 17.9 Å². The van der Waals surface area contributed by atoms with Gasteiger partial charge in [-0.3, -0.25) is 4.68 Å². The average molecular weight is 322 g/mol. The standard InChI is InChI=1S/C11H20BrN3OS/c1-7(10(6-16)17-4)13-5-9-11(12)8(2)14-15(9)3/h7,10,13,16H,5-6H2,1-4H3. The van der Waals surface area contributed by atoms with Crippen molar-refractivity contribution in [2.45, 2.75) is 31.7 Å². The highest BCUT2D eigenvalue weighted by Gasteiger charge is 2.16. The van der Waals surface area contributed by atoms with E-state index in [2.05, 4.69) is 33.3 Å². The summed E-state index contributed by atoms with van der Waals surface area (Å²) in [4.78, 5) is 0. The molecule has 98 valence electrons. The third-order valence-electron chi connectivity index (χ3n) is 2.89. The molecule has 2 N–H and O–H groups in total. The van der Waals surface area contributed by atoms with Gasteiger partial charge in [-0.05, 0) is 36.0 Å². The Kier molecular flexibility index (Phi) is 5.99. The molecule has 1 aromatic rings. The van der Waals surface area contributed by atoms with Crippen LogP contribution in [0.2, 0.25) is 0 Å². The molecular weight excluding hydrogens is 302 g/mol. The molecule has 0 aliphatic rings. The summed E-state index contributed by atoms with van der Waals surface area (Å²) in [6.07, 6.45) is 2.02. The first-order chi connectivity index (χ1) is 8.01. The first-order valence-corrected chi connectivity index (χ1v) is 7.64. The zero-order valence-corrected chi connectivity index (χ0v) is 13.1. The van der Waals surface area contributed by atoms with Crippen LogP contribution in [0.1, 0.15) is 18.3 Å². The Hall–Kier alpha value is -0.0400. The first kappa shape index (κ1) is 15.0. The van der Waals surface area contributed by atoms with Crippen LogP contribution in [0.5, 0.6) is 0 Å². The molecule has 0 saturated heterocycles. The van der Waals surface area contributed by atoms with Gasteiger partial charge in [0, 0.05) is 24.9 Å². The largest absolute Gasteiger partial charge is 0.395 e. The van der Waals surface area contributed by atoms with Crippen LogP contribution >= 0.6 is 27.7 Å². The second-order valence-corrected chi connectivity index (χ2v) is 5.97. The summed E-state index contributed by atoms with van der Waals surface area (Å²) in [5.41, 5.74) is 2.13. The third kappa shape index (κ3) is 3.71. The van der Waals surface area contributed by atoms with Crippen molar-refractivity contribution >= 4 is 27.7 Å². The van der Waals surface area contributed by atoms with Crippen LogP contribution in [0.15, 0.2) is 4.47 Å². The lowest BCUT2D eigenvalue weighted by molar-refractivity contribution is 0.275. The highest BCUT2D eigenvalue weighted by atomic mass is 79.9. The Labute approximate surface area is 115 Å². The Balaban J connectivity index is 2.61. The Bertz CT molecular complexity index is 366. The summed E-state index contributed by atoms with van der Waals surface area (Å²) >= 11 is 5.22. The molecule has 2 unspecified atom stereocenters. The van der Waals surface area contributed by atoms with Crippen molar-refractivity contribution in [3.05, 3.63) is 15.9 Å². The van der Waals surface area contributed by atoms with Crippen LogP contribution in [-0.4, -0.2) is 39.0 Å². The van der Waals surface area contributed by atoms with E-state index >= 15 is 0 Å². The second-order valence-electron chi connectivity index (χ2n) is 4.10. The molecule has 1 rings (SSSR count). The number of aliphatic hydroxyl groups excluding tert-OH is 1. The summed E-state index contributed by atoms with van der Waals surface area (Å²) in [5, 5.41) is 17.2. The van der Waals surface area contributed by atoms with Crippen LogP contribution in [0.25, 0.3) is 0 Å². The fourth-order valence-electron chi connectivity index (χ4n) is 1.70. The van der Waals surface area contributed by atoms with Gasteiger partial charge in [0.15, 0.2) is 0 Å². The number of aryl methyl sites for hydroxylation is 2. The molecule has 17 heavy (non-hydrogen) atoms. The van der Waals surface area contributed by atoms with Crippen LogP contribution in [0, 0.1) is 6.92 Å². The lowest BCUT2D eigenvalue weighted by atomic mass is 10.2. The van der Waals surface area contributed by atoms with E-state index in [9.17, 15) is 5.11 Å². The second kappa shape index (κ2) is 6.78. The number of hydrogen-bond acceptors (Lipinski definition) is 4. The molecule has 1 heterocycles. The van der Waals surface area contributed by atoms with Crippen molar-refractivity contribution in [3.63, 3.8) is 0 Å².